The van der Waals surface area contributed by atoms with Crippen LogP contribution >= 0.6 is 0 Å². The van der Waals surface area contributed by atoms with Crippen LogP contribution in [0.15, 0.2) is 18.7 Å². The first-order chi connectivity index (χ1) is 10.1. The van der Waals surface area contributed by atoms with E-state index in [4.69, 9.17) is 5.11 Å². The summed E-state index contributed by atoms with van der Waals surface area (Å²) in [5.74, 6) is -0.825. The molecule has 21 heavy (non-hydrogen) atoms. The monoisotopic (exact) mass is 293 g/mol. The number of aromatic nitrogens is 2. The molecule has 1 saturated carbocycles. The van der Waals surface area contributed by atoms with Crippen LogP contribution in [0.1, 0.15) is 44.9 Å². The second-order valence-electron chi connectivity index (χ2n) is 5.96. The Bertz CT molecular complexity index is 465. The van der Waals surface area contributed by atoms with Crippen molar-refractivity contribution in [2.45, 2.75) is 51.5 Å². The van der Waals surface area contributed by atoms with Gasteiger partial charge in [-0.15, -0.1) is 0 Å². The number of aliphatic carboxylic acids is 1. The molecule has 1 amide bonds. The van der Waals surface area contributed by atoms with Crippen molar-refractivity contribution in [1.82, 2.24) is 14.9 Å². The van der Waals surface area contributed by atoms with E-state index in [-0.39, 0.29) is 17.7 Å². The van der Waals surface area contributed by atoms with E-state index < -0.39 is 5.97 Å². The normalized spacial score (nSPS) is 16.8. The van der Waals surface area contributed by atoms with Gasteiger partial charge in [0.15, 0.2) is 0 Å². The van der Waals surface area contributed by atoms with Crippen LogP contribution in [0.2, 0.25) is 0 Å². The van der Waals surface area contributed by atoms with Gasteiger partial charge >= 0.3 is 5.97 Å². The number of carbonyl (C=O) groups is 2. The van der Waals surface area contributed by atoms with E-state index in [1.165, 1.54) is 0 Å². The van der Waals surface area contributed by atoms with Gasteiger partial charge in [0.25, 0.3) is 0 Å². The maximum atomic E-state index is 12.0. The Morgan fingerprint density at radius 2 is 2.05 bits per heavy atom. The third-order valence-corrected chi connectivity index (χ3v) is 4.20. The highest BCUT2D eigenvalue weighted by Crippen LogP contribution is 2.43. The fraction of sp³-hybridized carbons (Fsp3) is 0.667. The Labute approximate surface area is 124 Å². The fourth-order valence-corrected chi connectivity index (χ4v) is 3.17. The molecule has 0 aliphatic heterocycles. The Hall–Kier alpha value is -1.85. The summed E-state index contributed by atoms with van der Waals surface area (Å²) in [5.41, 5.74) is -0.319. The van der Waals surface area contributed by atoms with E-state index in [9.17, 15) is 9.59 Å². The van der Waals surface area contributed by atoms with Gasteiger partial charge in [-0.05, 0) is 24.7 Å². The molecule has 2 N–H and O–H groups in total. The van der Waals surface area contributed by atoms with E-state index in [1.54, 1.807) is 12.5 Å². The molecule has 2 rings (SSSR count). The number of nitrogens with one attached hydrogen (secondary N) is 1. The molecule has 0 atom stereocenters. The average Bonchev–Trinajstić information content (AvgIpc) is 3.06. The van der Waals surface area contributed by atoms with E-state index in [0.29, 0.717) is 13.0 Å². The van der Waals surface area contributed by atoms with Crippen LogP contribution in [0, 0.1) is 5.41 Å². The van der Waals surface area contributed by atoms with Crippen LogP contribution in [0.25, 0.3) is 0 Å². The van der Waals surface area contributed by atoms with Crippen LogP contribution in [0.5, 0.6) is 0 Å². The number of carboxylic acid groups (broad SMARTS) is 1. The number of hydrogen-bond donors (Lipinski definition) is 2. The number of carbonyl (C=O) groups excluding carboxylic acids is 1. The first kappa shape index (κ1) is 15.5. The molecule has 0 aromatic carbocycles. The molecule has 0 bridgehead atoms. The Morgan fingerprint density at radius 3 is 2.67 bits per heavy atom. The Balaban J connectivity index is 1.71. The minimum Gasteiger partial charge on any atom is -0.481 e. The molecule has 0 spiro atoms. The summed E-state index contributed by atoms with van der Waals surface area (Å²) in [5, 5.41) is 11.9. The number of aryl methyl sites for hydroxylation is 1. The minimum atomic E-state index is -0.801. The van der Waals surface area contributed by atoms with Crippen LogP contribution < -0.4 is 5.32 Å². The summed E-state index contributed by atoms with van der Waals surface area (Å²) in [4.78, 5) is 27.0. The predicted octanol–water partition coefficient (Wildman–Crippen LogP) is 1.81. The van der Waals surface area contributed by atoms with Crippen molar-refractivity contribution in [3.05, 3.63) is 18.7 Å². The summed E-state index contributed by atoms with van der Waals surface area (Å²) in [6, 6.07) is 0. The first-order valence-corrected chi connectivity index (χ1v) is 7.54. The maximum Gasteiger partial charge on any atom is 0.303 e. The molecule has 0 saturated heterocycles. The number of nitrogens with zero attached hydrogens (tertiary/aromatic N) is 2. The lowest BCUT2D eigenvalue weighted by Gasteiger charge is -2.26. The molecular formula is C15H23N3O3. The minimum absolute atomic E-state index is 0.0243. The Kier molecular flexibility index (Phi) is 5.36. The lowest BCUT2D eigenvalue weighted by atomic mass is 9.79. The quantitative estimate of drug-likeness (QED) is 0.716. The van der Waals surface area contributed by atoms with Gasteiger partial charge in [0.05, 0.1) is 12.7 Å². The maximum absolute atomic E-state index is 12.0. The van der Waals surface area contributed by atoms with Crippen molar-refractivity contribution in [1.29, 1.82) is 0 Å². The van der Waals surface area contributed by atoms with Gasteiger partial charge in [0, 0.05) is 31.9 Å². The molecule has 1 heterocycles. The van der Waals surface area contributed by atoms with Gasteiger partial charge in [0.2, 0.25) is 5.91 Å². The van der Waals surface area contributed by atoms with Crippen molar-refractivity contribution in [2.75, 3.05) is 6.54 Å². The highest BCUT2D eigenvalue weighted by molar-refractivity contribution is 5.78. The summed E-state index contributed by atoms with van der Waals surface area (Å²) in [6.45, 7) is 1.43. The molecule has 6 nitrogen and oxygen atoms in total. The van der Waals surface area contributed by atoms with Gasteiger partial charge in [-0.2, -0.15) is 0 Å². The van der Waals surface area contributed by atoms with Crippen LogP contribution in [0.3, 0.4) is 0 Å². The van der Waals surface area contributed by atoms with Crippen molar-refractivity contribution in [3.8, 4) is 0 Å². The van der Waals surface area contributed by atoms with Crippen LogP contribution in [-0.4, -0.2) is 33.1 Å². The zero-order chi connectivity index (χ0) is 15.1. The summed E-state index contributed by atoms with van der Waals surface area (Å²) >= 11 is 0. The largest absolute Gasteiger partial charge is 0.481 e. The number of rotatable bonds is 8. The summed E-state index contributed by atoms with van der Waals surface area (Å²) < 4.78 is 1.97. The van der Waals surface area contributed by atoms with Crippen molar-refractivity contribution >= 4 is 11.9 Å². The van der Waals surface area contributed by atoms with Gasteiger partial charge in [-0.3, -0.25) is 9.59 Å². The van der Waals surface area contributed by atoms with Gasteiger partial charge < -0.3 is 15.0 Å². The second kappa shape index (κ2) is 7.24. The van der Waals surface area contributed by atoms with E-state index >= 15 is 0 Å². The predicted molar refractivity (Wildman–Crippen MR) is 77.6 cm³/mol. The van der Waals surface area contributed by atoms with Crippen molar-refractivity contribution < 1.29 is 14.7 Å². The Morgan fingerprint density at radius 1 is 1.29 bits per heavy atom. The van der Waals surface area contributed by atoms with E-state index in [2.05, 4.69) is 10.3 Å². The molecule has 1 fully saturated rings. The molecule has 1 aromatic heterocycles. The first-order valence-electron chi connectivity index (χ1n) is 7.54. The highest BCUT2D eigenvalue weighted by atomic mass is 16.4. The van der Waals surface area contributed by atoms with Crippen LogP contribution in [-0.2, 0) is 16.1 Å². The third-order valence-electron chi connectivity index (χ3n) is 4.20. The molecule has 1 aromatic rings. The lowest BCUT2D eigenvalue weighted by molar-refractivity contribution is -0.140. The van der Waals surface area contributed by atoms with E-state index in [1.807, 2.05) is 10.8 Å². The number of carboxylic acids is 1. The fourth-order valence-electron chi connectivity index (χ4n) is 3.17. The lowest BCUT2D eigenvalue weighted by Crippen LogP contribution is -2.32. The molecule has 1 aliphatic rings. The second-order valence-corrected chi connectivity index (χ2v) is 5.96. The van der Waals surface area contributed by atoms with Gasteiger partial charge in [-0.25, -0.2) is 4.98 Å². The zero-order valence-electron chi connectivity index (χ0n) is 12.3. The molecule has 0 unspecified atom stereocenters. The number of hydrogen-bond acceptors (Lipinski definition) is 3. The SMILES string of the molecule is O=C(O)CC1(CC(=O)NCCCn2ccnc2)CCCC1. The average molecular weight is 293 g/mol. The third kappa shape index (κ3) is 4.88. The van der Waals surface area contributed by atoms with Crippen molar-refractivity contribution in [2.24, 2.45) is 5.41 Å². The van der Waals surface area contributed by atoms with Crippen molar-refractivity contribution in [3.63, 3.8) is 0 Å². The molecule has 116 valence electrons. The van der Waals surface area contributed by atoms with E-state index in [0.717, 1.165) is 38.6 Å². The zero-order valence-corrected chi connectivity index (χ0v) is 12.3. The topological polar surface area (TPSA) is 84.2 Å². The van der Waals surface area contributed by atoms with Gasteiger partial charge in [-0.1, -0.05) is 12.8 Å². The smallest absolute Gasteiger partial charge is 0.303 e. The molecular weight excluding hydrogens is 270 g/mol. The summed E-state index contributed by atoms with van der Waals surface area (Å²) in [6.07, 6.45) is 10.4. The van der Waals surface area contributed by atoms with Crippen LogP contribution in [0.4, 0.5) is 0 Å². The number of amides is 1. The molecule has 1 aliphatic carbocycles. The number of imidazole rings is 1. The molecule has 6 heteroatoms. The van der Waals surface area contributed by atoms with Gasteiger partial charge in [0.1, 0.15) is 0 Å². The highest BCUT2D eigenvalue weighted by Gasteiger charge is 2.37. The standard InChI is InChI=1S/C15H23N3O3/c19-13(17-6-3-8-18-9-7-16-12-18)10-15(11-14(20)21)4-1-2-5-15/h7,9,12H,1-6,8,10-11H2,(H,17,19)(H,20,21). The molecule has 0 radical (unpaired) electrons. The summed E-state index contributed by atoms with van der Waals surface area (Å²) in [7, 11) is 0.